The number of nitrogens with one attached hydrogen (secondary N) is 1. The molecule has 0 amide bonds. The van der Waals surface area contributed by atoms with Crippen LogP contribution in [0.2, 0.25) is 0 Å². The van der Waals surface area contributed by atoms with E-state index in [0.717, 1.165) is 13.0 Å². The monoisotopic (exact) mass is 285 g/mol. The van der Waals surface area contributed by atoms with Crippen molar-refractivity contribution >= 4 is 0 Å². The highest BCUT2D eigenvalue weighted by Gasteiger charge is 2.22. The fraction of sp³-hybridized carbons (Fsp3) is 0.857. The van der Waals surface area contributed by atoms with Gasteiger partial charge >= 0.3 is 0 Å². The van der Waals surface area contributed by atoms with Crippen molar-refractivity contribution in [3.05, 3.63) is 11.7 Å². The molecule has 0 radical (unpaired) electrons. The number of methoxy groups -OCH3 is 1. The Morgan fingerprint density at radius 1 is 1.25 bits per heavy atom. The number of aromatic nitrogens is 2. The van der Waals surface area contributed by atoms with Crippen molar-refractivity contribution in [1.29, 1.82) is 0 Å². The van der Waals surface area contributed by atoms with Gasteiger partial charge in [0, 0.05) is 19.6 Å². The van der Waals surface area contributed by atoms with Crippen LogP contribution in [0.1, 0.15) is 44.8 Å². The molecule has 0 saturated carbocycles. The van der Waals surface area contributed by atoms with Gasteiger partial charge in [-0.2, -0.15) is 4.98 Å². The molecule has 1 N–H and O–H groups in total. The molecule has 1 rings (SSSR count). The zero-order chi connectivity index (χ0) is 14.8. The van der Waals surface area contributed by atoms with Gasteiger partial charge in [-0.05, 0) is 19.9 Å². The topological polar surface area (TPSA) is 69.4 Å². The van der Waals surface area contributed by atoms with Crippen LogP contribution in [-0.4, -0.2) is 49.7 Å². The van der Waals surface area contributed by atoms with E-state index < -0.39 is 0 Å². The molecule has 0 fully saturated rings. The van der Waals surface area contributed by atoms with Gasteiger partial charge in [-0.25, -0.2) is 0 Å². The summed E-state index contributed by atoms with van der Waals surface area (Å²) in [7, 11) is 1.66. The molecule has 6 heteroatoms. The average molecular weight is 285 g/mol. The molecule has 20 heavy (non-hydrogen) atoms. The minimum atomic E-state index is 0.255. The van der Waals surface area contributed by atoms with Crippen LogP contribution in [0.5, 0.6) is 0 Å². The van der Waals surface area contributed by atoms with E-state index in [9.17, 15) is 0 Å². The largest absolute Gasteiger partial charge is 0.382 e. The smallest absolute Gasteiger partial charge is 0.231 e. The molecule has 0 aromatic carbocycles. The van der Waals surface area contributed by atoms with E-state index >= 15 is 0 Å². The van der Waals surface area contributed by atoms with Crippen molar-refractivity contribution in [3.63, 3.8) is 0 Å². The van der Waals surface area contributed by atoms with E-state index in [2.05, 4.69) is 36.2 Å². The highest BCUT2D eigenvalue weighted by Crippen LogP contribution is 2.21. The number of ether oxygens (including phenoxy) is 2. The zero-order valence-electron chi connectivity index (χ0n) is 13.0. The fourth-order valence-corrected chi connectivity index (χ4v) is 2.13. The summed E-state index contributed by atoms with van der Waals surface area (Å²) in [6, 6.07) is 0.330. The first kappa shape index (κ1) is 17.1. The second-order valence-corrected chi connectivity index (χ2v) is 4.77. The summed E-state index contributed by atoms with van der Waals surface area (Å²) >= 11 is 0. The summed E-state index contributed by atoms with van der Waals surface area (Å²) in [5.41, 5.74) is 0. The molecule has 0 bridgehead atoms. The lowest BCUT2D eigenvalue weighted by Gasteiger charge is -2.19. The lowest BCUT2D eigenvalue weighted by Crippen LogP contribution is -2.31. The third-order valence-electron chi connectivity index (χ3n) is 3.27. The van der Waals surface area contributed by atoms with E-state index in [1.54, 1.807) is 7.11 Å². The van der Waals surface area contributed by atoms with E-state index in [-0.39, 0.29) is 5.92 Å². The van der Waals surface area contributed by atoms with Gasteiger partial charge in [0.2, 0.25) is 5.89 Å². The Hall–Kier alpha value is -0.980. The van der Waals surface area contributed by atoms with E-state index in [1.807, 2.05) is 0 Å². The third kappa shape index (κ3) is 5.56. The van der Waals surface area contributed by atoms with Crippen LogP contribution in [0.3, 0.4) is 0 Å². The van der Waals surface area contributed by atoms with Crippen LogP contribution in [0.25, 0.3) is 0 Å². The summed E-state index contributed by atoms with van der Waals surface area (Å²) in [6.45, 7) is 9.10. The van der Waals surface area contributed by atoms with Crippen LogP contribution in [0.4, 0.5) is 0 Å². The normalized spacial score (nSPS) is 14.4. The fourth-order valence-electron chi connectivity index (χ4n) is 2.13. The third-order valence-corrected chi connectivity index (χ3v) is 3.27. The highest BCUT2D eigenvalue weighted by molar-refractivity contribution is 4.98. The van der Waals surface area contributed by atoms with Crippen molar-refractivity contribution in [3.8, 4) is 0 Å². The van der Waals surface area contributed by atoms with Gasteiger partial charge in [-0.1, -0.05) is 19.0 Å². The first-order valence-electron chi connectivity index (χ1n) is 7.35. The van der Waals surface area contributed by atoms with Gasteiger partial charge in [0.15, 0.2) is 5.82 Å². The Morgan fingerprint density at radius 3 is 2.70 bits per heavy atom. The van der Waals surface area contributed by atoms with Gasteiger partial charge in [0.1, 0.15) is 0 Å². The second kappa shape index (κ2) is 9.85. The summed E-state index contributed by atoms with van der Waals surface area (Å²) in [5, 5.41) is 7.42. The Labute approximate surface area is 121 Å². The lowest BCUT2D eigenvalue weighted by molar-refractivity contribution is 0.0714. The molecule has 0 saturated heterocycles. The van der Waals surface area contributed by atoms with Gasteiger partial charge in [0.25, 0.3) is 0 Å². The van der Waals surface area contributed by atoms with E-state index in [1.165, 1.54) is 0 Å². The summed E-state index contributed by atoms with van der Waals surface area (Å²) in [5.74, 6) is 1.68. The van der Waals surface area contributed by atoms with Crippen molar-refractivity contribution in [2.24, 2.45) is 0 Å². The van der Waals surface area contributed by atoms with Crippen molar-refractivity contribution in [2.45, 2.75) is 45.6 Å². The number of likely N-dealkylation sites (N-methyl/N-ethyl adjacent to an activating group) is 1. The number of nitrogens with zero attached hydrogens (tertiary/aromatic N) is 2. The molecule has 6 nitrogen and oxygen atoms in total. The molecule has 2 atom stereocenters. The maximum absolute atomic E-state index is 5.40. The highest BCUT2D eigenvalue weighted by atomic mass is 16.5. The Bertz CT molecular complexity index is 357. The van der Waals surface area contributed by atoms with E-state index in [4.69, 9.17) is 14.0 Å². The number of rotatable bonds is 11. The van der Waals surface area contributed by atoms with Gasteiger partial charge in [-0.3, -0.25) is 0 Å². The number of hydrogen-bond acceptors (Lipinski definition) is 6. The molecule has 1 aromatic heterocycles. The van der Waals surface area contributed by atoms with Crippen LogP contribution in [-0.2, 0) is 15.9 Å². The quantitative estimate of drug-likeness (QED) is 0.625. The second-order valence-electron chi connectivity index (χ2n) is 4.77. The summed E-state index contributed by atoms with van der Waals surface area (Å²) < 4.78 is 15.7. The van der Waals surface area contributed by atoms with Crippen LogP contribution >= 0.6 is 0 Å². The van der Waals surface area contributed by atoms with E-state index in [0.29, 0.717) is 44.0 Å². The first-order valence-corrected chi connectivity index (χ1v) is 7.35. The zero-order valence-corrected chi connectivity index (χ0v) is 13.0. The van der Waals surface area contributed by atoms with Crippen molar-refractivity contribution in [2.75, 3.05) is 33.5 Å². The minimum Gasteiger partial charge on any atom is -0.382 e. The predicted octanol–water partition coefficient (Wildman–Crippen LogP) is 1.77. The molecule has 2 unspecified atom stereocenters. The Kier molecular flexibility index (Phi) is 8.41. The van der Waals surface area contributed by atoms with Crippen LogP contribution < -0.4 is 5.32 Å². The number of hydrogen-bond donors (Lipinski definition) is 1. The lowest BCUT2D eigenvalue weighted by atomic mass is 9.98. The molecule has 1 heterocycles. The molecule has 0 aliphatic rings. The average Bonchev–Trinajstić information content (AvgIpc) is 2.88. The van der Waals surface area contributed by atoms with Crippen molar-refractivity contribution in [1.82, 2.24) is 15.5 Å². The molecule has 116 valence electrons. The first-order chi connectivity index (χ1) is 9.72. The van der Waals surface area contributed by atoms with Gasteiger partial charge in [-0.15, -0.1) is 0 Å². The molecule has 0 spiro atoms. The Balaban J connectivity index is 2.44. The SMILES string of the molecule is CCNC(C)C(CC)c1nc(CCOCCOC)no1. The summed E-state index contributed by atoms with van der Waals surface area (Å²) in [6.07, 6.45) is 1.64. The molecule has 0 aliphatic carbocycles. The minimum absolute atomic E-state index is 0.255. The predicted molar refractivity (Wildman–Crippen MR) is 76.9 cm³/mol. The van der Waals surface area contributed by atoms with Crippen LogP contribution in [0.15, 0.2) is 4.52 Å². The molecular formula is C14H27N3O3. The summed E-state index contributed by atoms with van der Waals surface area (Å²) in [4.78, 5) is 4.47. The van der Waals surface area contributed by atoms with Crippen molar-refractivity contribution < 1.29 is 14.0 Å². The molecular weight excluding hydrogens is 258 g/mol. The van der Waals surface area contributed by atoms with Gasteiger partial charge in [0.05, 0.1) is 25.7 Å². The molecule has 1 aromatic rings. The van der Waals surface area contributed by atoms with Crippen LogP contribution in [0, 0.1) is 0 Å². The maximum Gasteiger partial charge on any atom is 0.231 e. The maximum atomic E-state index is 5.40. The Morgan fingerprint density at radius 2 is 2.05 bits per heavy atom. The standard InChI is InChI=1S/C14H27N3O3/c1-5-12(11(3)15-6-2)14-16-13(17-20-14)7-8-19-10-9-18-4/h11-12,15H,5-10H2,1-4H3. The van der Waals surface area contributed by atoms with Gasteiger partial charge < -0.3 is 19.3 Å². The molecule has 0 aliphatic heterocycles.